The fraction of sp³-hybridized carbons (Fsp3) is 0.571. The number of primary amides is 1. The number of nitrogens with two attached hydrogens (primary N) is 1. The van der Waals surface area contributed by atoms with Gasteiger partial charge in [0.05, 0.1) is 44.9 Å². The van der Waals surface area contributed by atoms with Crippen LogP contribution < -0.4 is 37.6 Å². The zero-order chi connectivity index (χ0) is 31.4. The Morgan fingerprint density at radius 1 is 0.575 bits per heavy atom. The molecule has 0 aromatic heterocycles. The maximum Gasteiger partial charge on any atom is 0.305 e. The van der Waals surface area contributed by atoms with Crippen molar-refractivity contribution in [3.8, 4) is 0 Å². The molecule has 3 atom stereocenters. The number of carbonyl (C=O) groups excluding carboxylic acids is 6. The third-order valence-corrected chi connectivity index (χ3v) is 4.40. The molecule has 6 amide bonds. The Labute approximate surface area is 228 Å². The molecule has 0 saturated carbocycles. The molecule has 0 aromatic carbocycles. The molecule has 0 aliphatic heterocycles. The second kappa shape index (κ2) is 20.2. The number of hydrogen-bond donors (Lipinski definition) is 10. The normalized spacial score (nSPS) is 12.1. The molecule has 0 heterocycles. The Bertz CT molecular complexity index is 956. The summed E-state index contributed by atoms with van der Waals surface area (Å²) in [4.78, 5) is 104. The van der Waals surface area contributed by atoms with Crippen molar-refractivity contribution in [2.45, 2.75) is 51.2 Å². The molecule has 19 heteroatoms. The van der Waals surface area contributed by atoms with E-state index < -0.39 is 110 Å². The van der Waals surface area contributed by atoms with Crippen LogP contribution in [0.4, 0.5) is 0 Å². The van der Waals surface area contributed by atoms with Crippen molar-refractivity contribution in [3.63, 3.8) is 0 Å². The second-order valence-corrected chi connectivity index (χ2v) is 7.49. The van der Waals surface area contributed by atoms with E-state index in [0.717, 1.165) is 0 Å². The summed E-state index contributed by atoms with van der Waals surface area (Å²) >= 11 is 0. The van der Waals surface area contributed by atoms with E-state index in [0.29, 0.717) is 0 Å². The largest absolute Gasteiger partial charge is 0.481 e. The summed E-state index contributed by atoms with van der Waals surface area (Å²) in [5, 5.41) is 39.6. The topological polar surface area (TPSA) is 313 Å². The highest BCUT2D eigenvalue weighted by Crippen LogP contribution is 2.01. The first-order valence-electron chi connectivity index (χ1n) is 11.7. The van der Waals surface area contributed by atoms with Gasteiger partial charge in [-0.15, -0.1) is 0 Å². The molecule has 0 unspecified atom stereocenters. The third kappa shape index (κ3) is 17.6. The molecule has 11 N–H and O–H groups in total. The second-order valence-electron chi connectivity index (χ2n) is 7.49. The van der Waals surface area contributed by atoms with E-state index in [1.54, 1.807) is 0 Å². The molecule has 0 radical (unpaired) electrons. The van der Waals surface area contributed by atoms with Gasteiger partial charge in [-0.05, 0) is 7.05 Å². The number of rotatable bonds is 18. The van der Waals surface area contributed by atoms with Crippen LogP contribution in [0.1, 0.15) is 33.1 Å². The Kier molecular flexibility index (Phi) is 18.8. The number of likely N-dealkylation sites (N-methyl/N-ethyl adjacent to an activating group) is 1. The van der Waals surface area contributed by atoms with E-state index >= 15 is 0 Å². The van der Waals surface area contributed by atoms with Gasteiger partial charge < -0.3 is 53.0 Å². The fourth-order valence-electron chi connectivity index (χ4n) is 2.59. The number of carboxylic acids is 3. The lowest BCUT2D eigenvalue weighted by Crippen LogP contribution is -2.57. The van der Waals surface area contributed by atoms with Crippen LogP contribution in [0.3, 0.4) is 0 Å². The van der Waals surface area contributed by atoms with Crippen molar-refractivity contribution in [1.82, 2.24) is 31.9 Å². The summed E-state index contributed by atoms with van der Waals surface area (Å²) in [7, 11) is 1.25. The minimum atomic E-state index is -1.82. The van der Waals surface area contributed by atoms with Gasteiger partial charge in [0, 0.05) is 0 Å². The number of aliphatic carboxylic acids is 3. The van der Waals surface area contributed by atoms with E-state index in [-0.39, 0.29) is 0 Å². The van der Waals surface area contributed by atoms with Crippen molar-refractivity contribution < 1.29 is 58.5 Å². The summed E-state index contributed by atoms with van der Waals surface area (Å²) in [5.74, 6) is -10.5. The average molecular weight is 578 g/mol. The molecule has 19 nitrogen and oxygen atoms in total. The molecule has 0 rings (SSSR count). The first-order valence-corrected chi connectivity index (χ1v) is 11.7. The molecule has 0 saturated heterocycles. The smallest absolute Gasteiger partial charge is 0.305 e. The van der Waals surface area contributed by atoms with Gasteiger partial charge in [0.15, 0.2) is 0 Å². The van der Waals surface area contributed by atoms with Crippen LogP contribution >= 0.6 is 0 Å². The minimum Gasteiger partial charge on any atom is -0.481 e. The summed E-state index contributed by atoms with van der Waals surface area (Å²) in [6.45, 7) is 2.19. The lowest BCUT2D eigenvalue weighted by molar-refractivity contribution is -0.144. The Morgan fingerprint density at radius 2 is 0.925 bits per heavy atom. The SMILES string of the molecule is CC.CN[C@@H](CC(=O)O)C(=O)N[C@@H](CC(=O)O)C(=O)N[C@@H](CC(=O)O)C(=O)NCC(=O)NCC(=O)NCC(N)=O. The highest BCUT2D eigenvalue weighted by Gasteiger charge is 2.31. The van der Waals surface area contributed by atoms with E-state index in [1.807, 2.05) is 29.8 Å². The highest BCUT2D eigenvalue weighted by molar-refractivity contribution is 5.97. The van der Waals surface area contributed by atoms with E-state index in [2.05, 4.69) is 16.0 Å². The van der Waals surface area contributed by atoms with Crippen LogP contribution in [-0.4, -0.2) is 113 Å². The summed E-state index contributed by atoms with van der Waals surface area (Å²) in [5.41, 5.74) is 4.84. The standard InChI is InChI=1S/C19H29N7O12.C2H6/c1-21-8(2-14(30)31)18(37)26-10(4-16(34)35)19(38)25-9(3-15(32)33)17(36)24-7-13(29)23-6-12(28)22-5-11(20)27;1-2/h8-10,21H,2-7H2,1H3,(H2,20,27)(H,22,28)(H,23,29)(H,24,36)(H,25,38)(H,26,37)(H,30,31)(H,32,33)(H,34,35);1-2H3/t8-,9-,10-;/m0./s1. The van der Waals surface area contributed by atoms with Crippen LogP contribution in [0.2, 0.25) is 0 Å². The monoisotopic (exact) mass is 577 g/mol. The van der Waals surface area contributed by atoms with Crippen LogP contribution in [0.5, 0.6) is 0 Å². The van der Waals surface area contributed by atoms with Gasteiger partial charge >= 0.3 is 17.9 Å². The van der Waals surface area contributed by atoms with Gasteiger partial charge in [-0.25, -0.2) is 0 Å². The van der Waals surface area contributed by atoms with Gasteiger partial charge in [0.1, 0.15) is 12.1 Å². The molecule has 0 bridgehead atoms. The molecule has 0 spiro atoms. The number of amides is 6. The van der Waals surface area contributed by atoms with E-state index in [1.165, 1.54) is 7.05 Å². The summed E-state index contributed by atoms with van der Waals surface area (Å²) in [6, 6.07) is -4.99. The van der Waals surface area contributed by atoms with Gasteiger partial charge in [0.25, 0.3) is 0 Å². The lowest BCUT2D eigenvalue weighted by Gasteiger charge is -2.23. The molecular weight excluding hydrogens is 542 g/mol. The third-order valence-electron chi connectivity index (χ3n) is 4.40. The first-order chi connectivity index (χ1) is 18.7. The quantitative estimate of drug-likeness (QED) is 0.0729. The predicted octanol–water partition coefficient (Wildman–Crippen LogP) is -5.17. The summed E-state index contributed by atoms with van der Waals surface area (Å²) in [6.07, 6.45) is -2.70. The summed E-state index contributed by atoms with van der Waals surface area (Å²) < 4.78 is 0. The van der Waals surface area contributed by atoms with Crippen LogP contribution in [0, 0.1) is 0 Å². The maximum absolute atomic E-state index is 12.6. The van der Waals surface area contributed by atoms with E-state index in [9.17, 15) is 43.2 Å². The zero-order valence-corrected chi connectivity index (χ0v) is 22.1. The van der Waals surface area contributed by atoms with Crippen molar-refractivity contribution in [2.75, 3.05) is 26.7 Å². The highest BCUT2D eigenvalue weighted by atomic mass is 16.4. The van der Waals surface area contributed by atoms with Crippen molar-refractivity contribution in [3.05, 3.63) is 0 Å². The molecule has 0 fully saturated rings. The maximum atomic E-state index is 12.6. The predicted molar refractivity (Wildman–Crippen MR) is 133 cm³/mol. The van der Waals surface area contributed by atoms with Crippen molar-refractivity contribution in [2.24, 2.45) is 5.73 Å². The van der Waals surface area contributed by atoms with Gasteiger partial charge in [-0.2, -0.15) is 0 Å². The number of carbonyl (C=O) groups is 9. The number of hydrogen-bond acceptors (Lipinski definition) is 10. The van der Waals surface area contributed by atoms with Gasteiger partial charge in [-0.3, -0.25) is 43.2 Å². The molecule has 40 heavy (non-hydrogen) atoms. The lowest BCUT2D eigenvalue weighted by atomic mass is 10.1. The zero-order valence-electron chi connectivity index (χ0n) is 22.1. The Morgan fingerprint density at radius 3 is 1.32 bits per heavy atom. The number of nitrogens with one attached hydrogen (secondary N) is 6. The fourth-order valence-corrected chi connectivity index (χ4v) is 2.59. The van der Waals surface area contributed by atoms with Crippen LogP contribution in [0.25, 0.3) is 0 Å². The first kappa shape index (κ1) is 37.3. The molecule has 0 aliphatic rings. The minimum absolute atomic E-state index is 0.472. The molecular formula is C21H35N7O12. The van der Waals surface area contributed by atoms with Crippen molar-refractivity contribution >= 4 is 53.4 Å². The molecule has 0 aliphatic carbocycles. The molecule has 226 valence electrons. The Balaban J connectivity index is 0. The van der Waals surface area contributed by atoms with Gasteiger partial charge in [-0.1, -0.05) is 13.8 Å². The Hall–Kier alpha value is -4.81. The number of carboxylic acid groups (broad SMARTS) is 3. The van der Waals surface area contributed by atoms with E-state index in [4.69, 9.17) is 21.1 Å². The molecule has 0 aromatic rings. The van der Waals surface area contributed by atoms with Crippen LogP contribution in [-0.2, 0) is 43.2 Å². The van der Waals surface area contributed by atoms with Gasteiger partial charge in [0.2, 0.25) is 35.4 Å². The average Bonchev–Trinajstić information content (AvgIpc) is 2.87. The van der Waals surface area contributed by atoms with Crippen molar-refractivity contribution in [1.29, 1.82) is 0 Å². The van der Waals surface area contributed by atoms with Crippen LogP contribution in [0.15, 0.2) is 0 Å².